The Hall–Kier alpha value is -1.33. The maximum absolute atomic E-state index is 11.9. The molecule has 0 fully saturated rings. The van der Waals surface area contributed by atoms with Crippen molar-refractivity contribution < 1.29 is 4.79 Å². The van der Waals surface area contributed by atoms with Gasteiger partial charge in [0.1, 0.15) is 0 Å². The fourth-order valence-corrected chi connectivity index (χ4v) is 1.92. The summed E-state index contributed by atoms with van der Waals surface area (Å²) in [7, 11) is 1.78. The van der Waals surface area contributed by atoms with E-state index < -0.39 is 0 Å². The third-order valence-corrected chi connectivity index (χ3v) is 3.45. The molecule has 1 heterocycles. The molecule has 17 heavy (non-hydrogen) atoms. The zero-order chi connectivity index (χ0) is 12.4. The van der Waals surface area contributed by atoms with Crippen LogP contribution in [-0.4, -0.2) is 15.7 Å². The highest BCUT2D eigenvalue weighted by Gasteiger charge is 2.13. The second-order valence-corrected chi connectivity index (χ2v) is 4.66. The number of nitrogens with one attached hydrogen (secondary N) is 1. The number of nitrogens with zero attached hydrogens (tertiary/aromatic N) is 2. The van der Waals surface area contributed by atoms with Gasteiger partial charge in [-0.25, -0.2) is 0 Å². The van der Waals surface area contributed by atoms with Gasteiger partial charge >= 0.3 is 0 Å². The number of hydrogen-bond donors (Lipinski definition) is 1. The van der Waals surface area contributed by atoms with Crippen molar-refractivity contribution in [3.05, 3.63) is 45.5 Å². The second-order valence-electron chi connectivity index (χ2n) is 3.43. The van der Waals surface area contributed by atoms with Crippen LogP contribution < -0.4 is 5.32 Å². The first-order valence-corrected chi connectivity index (χ1v) is 6.00. The van der Waals surface area contributed by atoms with Crippen LogP contribution in [0.1, 0.15) is 10.4 Å². The molecule has 1 amide bonds. The van der Waals surface area contributed by atoms with Gasteiger partial charge in [0.05, 0.1) is 10.6 Å². The predicted octanol–water partition coefficient (Wildman–Crippen LogP) is 3.09. The summed E-state index contributed by atoms with van der Waals surface area (Å²) in [5.74, 6) is 0.212. The van der Waals surface area contributed by atoms with Crippen LogP contribution in [0.15, 0.2) is 34.9 Å². The van der Waals surface area contributed by atoms with E-state index in [1.54, 1.807) is 42.2 Å². The molecule has 0 aliphatic carbocycles. The lowest BCUT2D eigenvalue weighted by Crippen LogP contribution is -2.13. The van der Waals surface area contributed by atoms with Gasteiger partial charge in [0.2, 0.25) is 0 Å². The first-order chi connectivity index (χ1) is 8.08. The van der Waals surface area contributed by atoms with E-state index >= 15 is 0 Å². The SMILES string of the molecule is Cn1ccc(NC(=O)c2cccc(Br)c2Cl)n1. The van der Waals surface area contributed by atoms with Crippen molar-refractivity contribution in [2.45, 2.75) is 0 Å². The Balaban J connectivity index is 2.23. The van der Waals surface area contributed by atoms with Crippen LogP contribution in [0.4, 0.5) is 5.82 Å². The Morgan fingerprint density at radius 3 is 2.88 bits per heavy atom. The molecule has 0 aliphatic heterocycles. The molecule has 0 atom stereocenters. The normalized spacial score (nSPS) is 10.3. The molecule has 0 saturated heterocycles. The highest BCUT2D eigenvalue weighted by Crippen LogP contribution is 2.26. The number of anilines is 1. The number of aryl methyl sites for hydroxylation is 1. The summed E-state index contributed by atoms with van der Waals surface area (Å²) in [6, 6.07) is 6.90. The third-order valence-electron chi connectivity index (χ3n) is 2.15. The molecule has 0 spiro atoms. The maximum Gasteiger partial charge on any atom is 0.258 e. The number of benzene rings is 1. The van der Waals surface area contributed by atoms with E-state index in [1.165, 1.54) is 0 Å². The van der Waals surface area contributed by atoms with Crippen molar-refractivity contribution in [1.82, 2.24) is 9.78 Å². The minimum absolute atomic E-state index is 0.282. The van der Waals surface area contributed by atoms with Gasteiger partial charge in [-0.15, -0.1) is 0 Å². The first kappa shape index (κ1) is 12.1. The van der Waals surface area contributed by atoms with Crippen molar-refractivity contribution in [3.63, 3.8) is 0 Å². The number of hydrogen-bond acceptors (Lipinski definition) is 2. The van der Waals surface area contributed by atoms with Crippen LogP contribution in [0.3, 0.4) is 0 Å². The van der Waals surface area contributed by atoms with E-state index in [4.69, 9.17) is 11.6 Å². The van der Waals surface area contributed by atoms with Gasteiger partial charge in [0.25, 0.3) is 5.91 Å². The fourth-order valence-electron chi connectivity index (χ4n) is 1.34. The summed E-state index contributed by atoms with van der Waals surface area (Å²) in [4.78, 5) is 11.9. The quantitative estimate of drug-likeness (QED) is 0.926. The summed E-state index contributed by atoms with van der Waals surface area (Å²) < 4.78 is 2.30. The van der Waals surface area contributed by atoms with Crippen LogP contribution in [-0.2, 0) is 7.05 Å². The van der Waals surface area contributed by atoms with Crippen LogP contribution in [0, 0.1) is 0 Å². The van der Waals surface area contributed by atoms with E-state index in [-0.39, 0.29) is 5.91 Å². The topological polar surface area (TPSA) is 46.9 Å². The Morgan fingerprint density at radius 1 is 1.47 bits per heavy atom. The van der Waals surface area contributed by atoms with Crippen molar-refractivity contribution in [3.8, 4) is 0 Å². The zero-order valence-corrected chi connectivity index (χ0v) is 11.3. The highest BCUT2D eigenvalue weighted by molar-refractivity contribution is 9.10. The van der Waals surface area contributed by atoms with E-state index in [0.29, 0.717) is 20.9 Å². The monoisotopic (exact) mass is 313 g/mol. The van der Waals surface area contributed by atoms with Crippen LogP contribution >= 0.6 is 27.5 Å². The van der Waals surface area contributed by atoms with Crippen molar-refractivity contribution in [2.75, 3.05) is 5.32 Å². The van der Waals surface area contributed by atoms with Gasteiger partial charge in [-0.2, -0.15) is 5.10 Å². The molecule has 1 aromatic carbocycles. The second kappa shape index (κ2) is 4.89. The Kier molecular flexibility index (Phi) is 3.49. The lowest BCUT2D eigenvalue weighted by Gasteiger charge is -2.05. The molecule has 88 valence electrons. The number of aromatic nitrogens is 2. The molecule has 0 unspecified atom stereocenters. The van der Waals surface area contributed by atoms with E-state index in [0.717, 1.165) is 0 Å². The first-order valence-electron chi connectivity index (χ1n) is 4.83. The van der Waals surface area contributed by atoms with Gasteiger partial charge in [-0.05, 0) is 28.1 Å². The van der Waals surface area contributed by atoms with Gasteiger partial charge in [0, 0.05) is 23.8 Å². The maximum atomic E-state index is 11.9. The summed E-state index contributed by atoms with van der Waals surface area (Å²) in [5, 5.41) is 7.12. The van der Waals surface area contributed by atoms with Gasteiger partial charge in [0.15, 0.2) is 5.82 Å². The van der Waals surface area contributed by atoms with Crippen LogP contribution in [0.25, 0.3) is 0 Å². The van der Waals surface area contributed by atoms with Crippen molar-refractivity contribution >= 4 is 39.3 Å². The predicted molar refractivity (Wildman–Crippen MR) is 70.3 cm³/mol. The van der Waals surface area contributed by atoms with Crippen molar-refractivity contribution in [2.24, 2.45) is 7.05 Å². The van der Waals surface area contributed by atoms with Gasteiger partial charge in [-0.1, -0.05) is 17.7 Å². The molecule has 2 aromatic rings. The average molecular weight is 315 g/mol. The molecule has 6 heteroatoms. The largest absolute Gasteiger partial charge is 0.305 e. The van der Waals surface area contributed by atoms with Crippen molar-refractivity contribution in [1.29, 1.82) is 0 Å². The summed E-state index contributed by atoms with van der Waals surface area (Å²) in [5.41, 5.74) is 0.409. The van der Waals surface area contributed by atoms with Gasteiger partial charge in [-0.3, -0.25) is 9.48 Å². The minimum atomic E-state index is -0.282. The average Bonchev–Trinajstić information content (AvgIpc) is 2.68. The molecular formula is C11H9BrClN3O. The number of amides is 1. The zero-order valence-electron chi connectivity index (χ0n) is 8.95. The summed E-state index contributed by atoms with van der Waals surface area (Å²) >= 11 is 9.30. The molecule has 0 saturated carbocycles. The minimum Gasteiger partial charge on any atom is -0.305 e. The molecule has 2 rings (SSSR count). The summed E-state index contributed by atoms with van der Waals surface area (Å²) in [6.07, 6.45) is 1.75. The molecule has 0 radical (unpaired) electrons. The molecule has 0 bridgehead atoms. The van der Waals surface area contributed by atoms with E-state index in [2.05, 4.69) is 26.3 Å². The molecule has 4 nitrogen and oxygen atoms in total. The highest BCUT2D eigenvalue weighted by atomic mass is 79.9. The number of carbonyl (C=O) groups excluding carboxylic acids is 1. The summed E-state index contributed by atoms with van der Waals surface area (Å²) in [6.45, 7) is 0. The van der Waals surface area contributed by atoms with E-state index in [1.807, 2.05) is 0 Å². The standard InChI is InChI=1S/C11H9BrClN3O/c1-16-6-5-9(15-16)14-11(17)7-3-2-4-8(12)10(7)13/h2-6H,1H3,(H,14,15,17). The Morgan fingerprint density at radius 2 is 2.24 bits per heavy atom. The number of rotatable bonds is 2. The fraction of sp³-hybridized carbons (Fsp3) is 0.0909. The number of carbonyl (C=O) groups is 1. The third kappa shape index (κ3) is 2.68. The Bertz CT molecular complexity index is 568. The van der Waals surface area contributed by atoms with Crippen LogP contribution in [0.5, 0.6) is 0 Å². The lowest BCUT2D eigenvalue weighted by atomic mass is 10.2. The molecule has 1 aromatic heterocycles. The molecular weight excluding hydrogens is 305 g/mol. The molecule has 0 aliphatic rings. The Labute approximate surface area is 112 Å². The molecule has 1 N–H and O–H groups in total. The van der Waals surface area contributed by atoms with Gasteiger partial charge < -0.3 is 5.32 Å². The number of halogens is 2. The van der Waals surface area contributed by atoms with E-state index in [9.17, 15) is 4.79 Å². The van der Waals surface area contributed by atoms with Crippen LogP contribution in [0.2, 0.25) is 5.02 Å². The smallest absolute Gasteiger partial charge is 0.258 e. The lowest BCUT2D eigenvalue weighted by molar-refractivity contribution is 0.102.